The molecule has 37 heavy (non-hydrogen) atoms. The van der Waals surface area contributed by atoms with Gasteiger partial charge in [0.15, 0.2) is 0 Å². The van der Waals surface area contributed by atoms with Crippen molar-refractivity contribution in [1.29, 1.82) is 0 Å². The highest BCUT2D eigenvalue weighted by Crippen LogP contribution is 2.45. The molecule has 0 unspecified atom stereocenters. The van der Waals surface area contributed by atoms with Gasteiger partial charge in [0.2, 0.25) is 5.91 Å². The molecule has 192 valence electrons. The van der Waals surface area contributed by atoms with Crippen LogP contribution in [0, 0.1) is 5.82 Å². The van der Waals surface area contributed by atoms with Crippen molar-refractivity contribution in [1.82, 2.24) is 5.32 Å². The van der Waals surface area contributed by atoms with E-state index >= 15 is 0 Å². The minimum Gasteiger partial charge on any atom is -0.495 e. The molecule has 0 aliphatic heterocycles. The van der Waals surface area contributed by atoms with Crippen molar-refractivity contribution in [2.45, 2.75) is 24.8 Å². The maximum Gasteiger partial charge on any atom is 0.313 e. The molecular weight excluding hydrogens is 497 g/mol. The topological polar surface area (TPSA) is 98.0 Å². The lowest BCUT2D eigenvalue weighted by Crippen LogP contribution is -2.22. The largest absolute Gasteiger partial charge is 0.495 e. The van der Waals surface area contributed by atoms with Crippen LogP contribution in [-0.4, -0.2) is 37.0 Å². The van der Waals surface area contributed by atoms with Crippen molar-refractivity contribution >= 4 is 40.9 Å². The molecular formula is C28H26FNO6S. The number of amides is 1. The second kappa shape index (κ2) is 11.4. The molecule has 3 aromatic rings. The molecule has 0 bridgehead atoms. The summed E-state index contributed by atoms with van der Waals surface area (Å²) >= 11 is 1.11. The first-order chi connectivity index (χ1) is 17.8. The van der Waals surface area contributed by atoms with Gasteiger partial charge in [-0.1, -0.05) is 6.07 Å². The van der Waals surface area contributed by atoms with Gasteiger partial charge in [-0.3, -0.25) is 9.59 Å². The summed E-state index contributed by atoms with van der Waals surface area (Å²) < 4.78 is 30.5. The highest BCUT2D eigenvalue weighted by atomic mass is 32.2. The predicted octanol–water partition coefficient (Wildman–Crippen LogP) is 5.65. The van der Waals surface area contributed by atoms with Crippen LogP contribution in [0.1, 0.15) is 35.8 Å². The first-order valence-corrected chi connectivity index (χ1v) is 12.4. The number of fused-ring (bicyclic) bond motifs is 1. The molecule has 1 aliphatic rings. The number of carboxylic acid groups (broad SMARTS) is 1. The number of thioether (sulfide) groups is 1. The van der Waals surface area contributed by atoms with E-state index in [0.29, 0.717) is 27.7 Å². The number of nitrogens with one attached hydrogen (secondary N) is 1. The Kier molecular flexibility index (Phi) is 8.03. The molecule has 4 rings (SSSR count). The number of benzene rings is 2. The maximum atomic E-state index is 14.2. The highest BCUT2D eigenvalue weighted by Gasteiger charge is 2.26. The van der Waals surface area contributed by atoms with Crippen molar-refractivity contribution in [3.63, 3.8) is 0 Å². The molecule has 0 saturated carbocycles. The molecule has 1 aromatic heterocycles. The number of carbonyl (C=O) groups is 2. The van der Waals surface area contributed by atoms with Crippen molar-refractivity contribution in [2.24, 2.45) is 0 Å². The lowest BCUT2D eigenvalue weighted by molar-refractivity contribution is -0.134. The van der Waals surface area contributed by atoms with Crippen molar-refractivity contribution < 1.29 is 33.0 Å². The quantitative estimate of drug-likeness (QED) is 0.332. The normalized spacial score (nSPS) is 13.6. The molecule has 0 atom stereocenters. The summed E-state index contributed by atoms with van der Waals surface area (Å²) in [6.07, 6.45) is 3.55. The molecule has 0 saturated heterocycles. The summed E-state index contributed by atoms with van der Waals surface area (Å²) in [6.45, 7) is 2.17. The standard InChI is InChI=1S/C28H26FNO6S/c1-16-21(9-17-10-24(34-2)28(25(11-17)35-3)37-15-27(32)33)20-7-6-18(29)12-23(20)22(16)13-26(31)30-14-19-5-4-8-36-19/h4-12H,13-15H2,1-3H3,(H,30,31)(H,32,33)/b21-9-. The fourth-order valence-corrected chi connectivity index (χ4v) is 5.07. The number of methoxy groups -OCH3 is 2. The molecule has 0 spiro atoms. The molecule has 0 fully saturated rings. The van der Waals surface area contributed by atoms with E-state index in [-0.39, 0.29) is 30.4 Å². The number of hydrogen-bond donors (Lipinski definition) is 2. The van der Waals surface area contributed by atoms with Crippen LogP contribution in [0.4, 0.5) is 4.39 Å². The van der Waals surface area contributed by atoms with Gasteiger partial charge in [0.05, 0.1) is 44.1 Å². The third-order valence-electron chi connectivity index (χ3n) is 5.96. The van der Waals surface area contributed by atoms with E-state index in [9.17, 15) is 14.0 Å². The van der Waals surface area contributed by atoms with Gasteiger partial charge in [-0.05, 0) is 82.8 Å². The van der Waals surface area contributed by atoms with E-state index in [1.165, 1.54) is 26.4 Å². The summed E-state index contributed by atoms with van der Waals surface area (Å²) in [5.41, 5.74) is 4.68. The molecule has 1 aliphatic carbocycles. The zero-order chi connectivity index (χ0) is 26.5. The Balaban J connectivity index is 1.69. The third kappa shape index (κ3) is 5.89. The van der Waals surface area contributed by atoms with Crippen molar-refractivity contribution in [3.8, 4) is 11.5 Å². The van der Waals surface area contributed by atoms with E-state index in [4.69, 9.17) is 19.0 Å². The van der Waals surface area contributed by atoms with Crippen molar-refractivity contribution in [2.75, 3.05) is 20.0 Å². The average molecular weight is 524 g/mol. The maximum absolute atomic E-state index is 14.2. The van der Waals surface area contributed by atoms with Crippen LogP contribution < -0.4 is 14.8 Å². The van der Waals surface area contributed by atoms with Gasteiger partial charge < -0.3 is 24.3 Å². The minimum absolute atomic E-state index is 0.0811. The third-order valence-corrected chi connectivity index (χ3v) is 7.05. The van der Waals surface area contributed by atoms with E-state index in [1.54, 1.807) is 36.6 Å². The Morgan fingerprint density at radius 1 is 1.11 bits per heavy atom. The second-order valence-electron chi connectivity index (χ2n) is 8.32. The number of ether oxygens (including phenoxy) is 2. The number of carboxylic acids is 1. The summed E-state index contributed by atoms with van der Waals surface area (Å²) in [4.78, 5) is 24.4. The smallest absolute Gasteiger partial charge is 0.313 e. The minimum atomic E-state index is -0.948. The Morgan fingerprint density at radius 2 is 1.84 bits per heavy atom. The first kappa shape index (κ1) is 26.1. The second-order valence-corrected chi connectivity index (χ2v) is 9.31. The number of rotatable bonds is 10. The van der Waals surface area contributed by atoms with Crippen LogP contribution in [0.25, 0.3) is 17.2 Å². The van der Waals surface area contributed by atoms with E-state index in [2.05, 4.69) is 5.32 Å². The molecule has 7 nitrogen and oxygen atoms in total. The lowest BCUT2D eigenvalue weighted by atomic mass is 10.0. The average Bonchev–Trinajstić information content (AvgIpc) is 3.48. The van der Waals surface area contributed by atoms with Crippen LogP contribution in [-0.2, 0) is 16.1 Å². The van der Waals surface area contributed by atoms with Crippen molar-refractivity contribution in [3.05, 3.63) is 82.6 Å². The number of halogens is 1. The van der Waals surface area contributed by atoms with Gasteiger partial charge in [-0.15, -0.1) is 11.8 Å². The summed E-state index contributed by atoms with van der Waals surface area (Å²) in [5, 5.41) is 11.9. The van der Waals surface area contributed by atoms with Crippen LogP contribution in [0.3, 0.4) is 0 Å². The van der Waals surface area contributed by atoms with Gasteiger partial charge in [-0.2, -0.15) is 0 Å². The van der Waals surface area contributed by atoms with Gasteiger partial charge >= 0.3 is 5.97 Å². The van der Waals surface area contributed by atoms with Crippen LogP contribution >= 0.6 is 11.8 Å². The van der Waals surface area contributed by atoms with Gasteiger partial charge in [0.1, 0.15) is 23.1 Å². The summed E-state index contributed by atoms with van der Waals surface area (Å²) in [5.74, 6) is -0.0705. The number of aliphatic carboxylic acids is 1. The molecule has 0 radical (unpaired) electrons. The van der Waals surface area contributed by atoms with Crippen LogP contribution in [0.2, 0.25) is 0 Å². The highest BCUT2D eigenvalue weighted by molar-refractivity contribution is 8.00. The summed E-state index contributed by atoms with van der Waals surface area (Å²) in [7, 11) is 3.02. The van der Waals surface area contributed by atoms with Gasteiger partial charge in [0.25, 0.3) is 0 Å². The zero-order valence-corrected chi connectivity index (χ0v) is 21.4. The predicted molar refractivity (Wildman–Crippen MR) is 140 cm³/mol. The monoisotopic (exact) mass is 523 g/mol. The number of carbonyl (C=O) groups excluding carboxylic acids is 1. The Hall–Kier alpha value is -3.98. The SMILES string of the molecule is COc1cc(/C=C2/C(C)=C(CC(=O)NCc3ccco3)c3cc(F)ccc32)cc(OC)c1SCC(=O)O. The zero-order valence-electron chi connectivity index (χ0n) is 20.6. The first-order valence-electron chi connectivity index (χ1n) is 11.4. The Bertz CT molecular complexity index is 1370. The molecule has 2 N–H and O–H groups in total. The lowest BCUT2D eigenvalue weighted by Gasteiger charge is -2.14. The Labute approximate surface area is 218 Å². The van der Waals surface area contributed by atoms with E-state index < -0.39 is 5.97 Å². The van der Waals surface area contributed by atoms with Crippen LogP contribution in [0.5, 0.6) is 11.5 Å². The fourth-order valence-electron chi connectivity index (χ4n) is 4.23. The van der Waals surface area contributed by atoms with E-state index in [1.807, 2.05) is 13.0 Å². The van der Waals surface area contributed by atoms with E-state index in [0.717, 1.165) is 39.6 Å². The molecule has 2 aromatic carbocycles. The molecule has 9 heteroatoms. The Morgan fingerprint density at radius 3 is 2.46 bits per heavy atom. The molecule has 1 heterocycles. The molecule has 1 amide bonds. The summed E-state index contributed by atoms with van der Waals surface area (Å²) in [6, 6.07) is 11.7. The fraction of sp³-hybridized carbons (Fsp3) is 0.214. The van der Waals surface area contributed by atoms with Gasteiger partial charge in [-0.25, -0.2) is 4.39 Å². The number of hydrogen-bond acceptors (Lipinski definition) is 6. The number of furan rings is 1. The van der Waals surface area contributed by atoms with Crippen LogP contribution in [0.15, 0.2) is 63.6 Å². The number of allylic oxidation sites excluding steroid dienone is 2. The van der Waals surface area contributed by atoms with Gasteiger partial charge in [0, 0.05) is 0 Å².